The zero-order chi connectivity index (χ0) is 11.8. The Balaban J connectivity index is 2.51. The lowest BCUT2D eigenvalue weighted by atomic mass is 10.3. The summed E-state index contributed by atoms with van der Waals surface area (Å²) in [4.78, 5) is 2.04. The van der Waals surface area contributed by atoms with Crippen molar-refractivity contribution in [1.29, 1.82) is 0 Å². The van der Waals surface area contributed by atoms with Gasteiger partial charge in [0.15, 0.2) is 5.76 Å². The molecule has 16 heavy (non-hydrogen) atoms. The summed E-state index contributed by atoms with van der Waals surface area (Å²) < 4.78 is 5.19. The van der Waals surface area contributed by atoms with E-state index in [0.717, 1.165) is 18.0 Å². The molecule has 0 atom stereocenters. The van der Waals surface area contributed by atoms with Gasteiger partial charge in [-0.25, -0.2) is 0 Å². The van der Waals surface area contributed by atoms with Gasteiger partial charge in [-0.1, -0.05) is 11.2 Å². The number of hydrogen-bond donors (Lipinski definition) is 2. The van der Waals surface area contributed by atoms with E-state index in [1.165, 1.54) is 0 Å². The van der Waals surface area contributed by atoms with E-state index in [1.54, 1.807) is 6.08 Å². The summed E-state index contributed by atoms with van der Waals surface area (Å²) in [6.45, 7) is 6.48. The second-order valence-corrected chi connectivity index (χ2v) is 3.56. The van der Waals surface area contributed by atoms with Gasteiger partial charge in [-0.05, 0) is 7.05 Å². The van der Waals surface area contributed by atoms with Crippen molar-refractivity contribution in [3.63, 3.8) is 0 Å². The molecule has 0 saturated heterocycles. The SMILES string of the molecule is C=CCN(CCO)Cc1cc(CNC)no1. The highest BCUT2D eigenvalue weighted by molar-refractivity contribution is 5.05. The van der Waals surface area contributed by atoms with Crippen LogP contribution in [0.15, 0.2) is 23.2 Å². The molecular weight excluding hydrogens is 206 g/mol. The second-order valence-electron chi connectivity index (χ2n) is 3.56. The average Bonchev–Trinajstić information content (AvgIpc) is 2.67. The molecule has 90 valence electrons. The third-order valence-electron chi connectivity index (χ3n) is 2.15. The van der Waals surface area contributed by atoms with Gasteiger partial charge in [0.25, 0.3) is 0 Å². The Bertz CT molecular complexity index is 312. The van der Waals surface area contributed by atoms with Gasteiger partial charge in [0.05, 0.1) is 18.8 Å². The highest BCUT2D eigenvalue weighted by Gasteiger charge is 2.08. The first-order chi connectivity index (χ1) is 7.80. The average molecular weight is 225 g/mol. The molecule has 1 rings (SSSR count). The highest BCUT2D eigenvalue weighted by Crippen LogP contribution is 2.07. The fourth-order valence-electron chi connectivity index (χ4n) is 1.47. The number of nitrogens with zero attached hydrogens (tertiary/aromatic N) is 2. The van der Waals surface area contributed by atoms with Crippen LogP contribution in [0.25, 0.3) is 0 Å². The molecular formula is C11H19N3O2. The summed E-state index contributed by atoms with van der Waals surface area (Å²) in [5.41, 5.74) is 0.889. The first-order valence-electron chi connectivity index (χ1n) is 5.33. The van der Waals surface area contributed by atoms with E-state index in [1.807, 2.05) is 18.0 Å². The van der Waals surface area contributed by atoms with Crippen molar-refractivity contribution < 1.29 is 9.63 Å². The Morgan fingerprint density at radius 1 is 1.69 bits per heavy atom. The van der Waals surface area contributed by atoms with Crippen molar-refractivity contribution >= 4 is 0 Å². The van der Waals surface area contributed by atoms with E-state index in [2.05, 4.69) is 17.1 Å². The van der Waals surface area contributed by atoms with E-state index in [-0.39, 0.29) is 6.61 Å². The van der Waals surface area contributed by atoms with Gasteiger partial charge in [0, 0.05) is 25.7 Å². The number of aromatic nitrogens is 1. The summed E-state index contributed by atoms with van der Waals surface area (Å²) in [5, 5.41) is 15.8. The molecule has 5 heteroatoms. The molecule has 0 aliphatic rings. The largest absolute Gasteiger partial charge is 0.395 e. The van der Waals surface area contributed by atoms with Crippen LogP contribution in [0.1, 0.15) is 11.5 Å². The summed E-state index contributed by atoms with van der Waals surface area (Å²) >= 11 is 0. The lowest BCUT2D eigenvalue weighted by Gasteiger charge is -2.16. The fourth-order valence-corrected chi connectivity index (χ4v) is 1.47. The van der Waals surface area contributed by atoms with Gasteiger partial charge in [0.1, 0.15) is 0 Å². The van der Waals surface area contributed by atoms with Gasteiger partial charge < -0.3 is 14.9 Å². The third kappa shape index (κ3) is 4.14. The lowest BCUT2D eigenvalue weighted by Crippen LogP contribution is -2.26. The summed E-state index contributed by atoms with van der Waals surface area (Å²) in [6, 6.07) is 1.92. The predicted octanol–water partition coefficient (Wildman–Crippen LogP) is 0.374. The molecule has 0 unspecified atom stereocenters. The van der Waals surface area contributed by atoms with Crippen molar-refractivity contribution in [2.24, 2.45) is 0 Å². The van der Waals surface area contributed by atoms with Crippen LogP contribution >= 0.6 is 0 Å². The Hall–Kier alpha value is -1.17. The molecule has 0 aromatic carbocycles. The maximum absolute atomic E-state index is 8.90. The summed E-state index contributed by atoms with van der Waals surface area (Å²) in [5.74, 6) is 0.806. The summed E-state index contributed by atoms with van der Waals surface area (Å²) in [7, 11) is 1.87. The first kappa shape index (κ1) is 12.9. The monoisotopic (exact) mass is 225 g/mol. The number of rotatable bonds is 8. The van der Waals surface area contributed by atoms with E-state index < -0.39 is 0 Å². The lowest BCUT2D eigenvalue weighted by molar-refractivity contribution is 0.189. The zero-order valence-electron chi connectivity index (χ0n) is 9.65. The van der Waals surface area contributed by atoms with Crippen LogP contribution < -0.4 is 5.32 Å². The maximum atomic E-state index is 8.90. The van der Waals surface area contributed by atoms with Gasteiger partial charge in [-0.15, -0.1) is 6.58 Å². The van der Waals surface area contributed by atoms with Crippen LogP contribution in [-0.4, -0.2) is 41.9 Å². The quantitative estimate of drug-likeness (QED) is 0.626. The third-order valence-corrected chi connectivity index (χ3v) is 2.15. The molecule has 0 radical (unpaired) electrons. The normalized spacial score (nSPS) is 10.9. The standard InChI is InChI=1S/C11H19N3O2/c1-3-4-14(5-6-15)9-11-7-10(8-12-2)13-16-11/h3,7,12,15H,1,4-6,8-9H2,2H3. The molecule has 0 amide bonds. The van der Waals surface area contributed by atoms with Crippen molar-refractivity contribution in [3.05, 3.63) is 30.2 Å². The zero-order valence-corrected chi connectivity index (χ0v) is 9.65. The van der Waals surface area contributed by atoms with E-state index in [4.69, 9.17) is 9.63 Å². The predicted molar refractivity (Wildman–Crippen MR) is 61.8 cm³/mol. The molecule has 0 saturated carbocycles. The molecule has 0 bridgehead atoms. The van der Waals surface area contributed by atoms with Crippen LogP contribution in [0.2, 0.25) is 0 Å². The molecule has 1 heterocycles. The van der Waals surface area contributed by atoms with Crippen molar-refractivity contribution in [2.45, 2.75) is 13.1 Å². The molecule has 0 aliphatic carbocycles. The Morgan fingerprint density at radius 3 is 3.12 bits per heavy atom. The number of aliphatic hydroxyl groups excluding tert-OH is 1. The molecule has 0 fully saturated rings. The Labute approximate surface area is 95.7 Å². The van der Waals surface area contributed by atoms with E-state index in [9.17, 15) is 0 Å². The molecule has 0 aliphatic heterocycles. The number of nitrogens with one attached hydrogen (secondary N) is 1. The summed E-state index contributed by atoms with van der Waals surface area (Å²) in [6.07, 6.45) is 1.81. The van der Waals surface area contributed by atoms with E-state index in [0.29, 0.717) is 19.6 Å². The molecule has 1 aromatic heterocycles. The molecule has 0 spiro atoms. The maximum Gasteiger partial charge on any atom is 0.151 e. The fraction of sp³-hybridized carbons (Fsp3) is 0.545. The van der Waals surface area contributed by atoms with Crippen LogP contribution in [0.5, 0.6) is 0 Å². The van der Waals surface area contributed by atoms with Gasteiger partial charge in [-0.3, -0.25) is 4.90 Å². The van der Waals surface area contributed by atoms with Crippen molar-refractivity contribution in [1.82, 2.24) is 15.4 Å². The molecule has 5 nitrogen and oxygen atoms in total. The minimum Gasteiger partial charge on any atom is -0.395 e. The first-order valence-corrected chi connectivity index (χ1v) is 5.33. The van der Waals surface area contributed by atoms with Crippen LogP contribution in [-0.2, 0) is 13.1 Å². The van der Waals surface area contributed by atoms with Crippen molar-refractivity contribution in [3.8, 4) is 0 Å². The topological polar surface area (TPSA) is 61.5 Å². The molecule has 2 N–H and O–H groups in total. The van der Waals surface area contributed by atoms with Gasteiger partial charge >= 0.3 is 0 Å². The van der Waals surface area contributed by atoms with Crippen LogP contribution in [0.4, 0.5) is 0 Å². The number of aliphatic hydroxyl groups is 1. The highest BCUT2D eigenvalue weighted by atomic mass is 16.5. The Kier molecular flexibility index (Phi) is 5.77. The van der Waals surface area contributed by atoms with Gasteiger partial charge in [0.2, 0.25) is 0 Å². The van der Waals surface area contributed by atoms with Crippen LogP contribution in [0, 0.1) is 0 Å². The second kappa shape index (κ2) is 7.16. The smallest absolute Gasteiger partial charge is 0.151 e. The van der Waals surface area contributed by atoms with Crippen LogP contribution in [0.3, 0.4) is 0 Å². The van der Waals surface area contributed by atoms with Gasteiger partial charge in [-0.2, -0.15) is 0 Å². The minimum absolute atomic E-state index is 0.130. The Morgan fingerprint density at radius 2 is 2.50 bits per heavy atom. The van der Waals surface area contributed by atoms with E-state index >= 15 is 0 Å². The molecule has 1 aromatic rings. The minimum atomic E-state index is 0.130. The van der Waals surface area contributed by atoms with Crippen molar-refractivity contribution in [2.75, 3.05) is 26.7 Å². The number of hydrogen-bond acceptors (Lipinski definition) is 5.